The Kier molecular flexibility index (Phi) is 4.88. The Morgan fingerprint density at radius 3 is 2.08 bits per heavy atom. The second-order valence-electron chi connectivity index (χ2n) is 10.1. The Hall–Kier alpha value is -5.60. The molecule has 5 aromatic carbocycles. The van der Waals surface area contributed by atoms with Crippen molar-refractivity contribution >= 4 is 21.8 Å². The van der Waals surface area contributed by atoms with Gasteiger partial charge in [0.25, 0.3) is 0 Å². The Morgan fingerprint density at radius 2 is 1.27 bits per heavy atom. The molecule has 0 unspecified atom stereocenters. The minimum absolute atomic E-state index is 0.561. The van der Waals surface area contributed by atoms with E-state index in [9.17, 15) is 5.26 Å². The second kappa shape index (κ2) is 8.72. The van der Waals surface area contributed by atoms with Gasteiger partial charge in [-0.2, -0.15) is 15.2 Å². The summed E-state index contributed by atoms with van der Waals surface area (Å²) in [6.45, 7) is 0. The summed E-state index contributed by atoms with van der Waals surface area (Å²) in [6, 6.07) is 41.3. The third kappa shape index (κ3) is 3.44. The molecule has 0 bridgehead atoms. The number of fused-ring (bicyclic) bond motifs is 6. The zero-order valence-corrected chi connectivity index (χ0v) is 21.4. The Bertz CT molecular complexity index is 2130. The highest BCUT2D eigenvalue weighted by molar-refractivity contribution is 6.11. The summed E-state index contributed by atoms with van der Waals surface area (Å²) in [6.07, 6.45) is 0.938. The van der Waals surface area contributed by atoms with Crippen molar-refractivity contribution in [1.82, 2.24) is 19.5 Å². The predicted octanol–water partition coefficient (Wildman–Crippen LogP) is 7.75. The van der Waals surface area contributed by atoms with Crippen LogP contribution in [0.1, 0.15) is 16.7 Å². The average molecular weight is 512 g/mol. The van der Waals surface area contributed by atoms with E-state index in [1.165, 1.54) is 27.6 Å². The maximum absolute atomic E-state index is 9.30. The molecule has 5 nitrogen and oxygen atoms in total. The molecule has 0 spiro atoms. The lowest BCUT2D eigenvalue weighted by molar-refractivity contribution is 0.953. The third-order valence-corrected chi connectivity index (χ3v) is 7.71. The largest absolute Gasteiger partial charge is 0.278 e. The molecule has 8 rings (SSSR count). The van der Waals surface area contributed by atoms with Crippen LogP contribution in [0.25, 0.3) is 61.7 Å². The van der Waals surface area contributed by atoms with Crippen LogP contribution in [0.5, 0.6) is 0 Å². The van der Waals surface area contributed by atoms with Crippen molar-refractivity contribution < 1.29 is 0 Å². The average Bonchev–Trinajstić information content (AvgIpc) is 3.55. The number of nitriles is 1. The summed E-state index contributed by atoms with van der Waals surface area (Å²) in [4.78, 5) is 14.9. The number of hydrogen-bond acceptors (Lipinski definition) is 4. The van der Waals surface area contributed by atoms with Crippen LogP contribution in [0.3, 0.4) is 0 Å². The number of rotatable bonds is 3. The van der Waals surface area contributed by atoms with Crippen molar-refractivity contribution in [3.8, 4) is 45.9 Å². The Morgan fingerprint density at radius 1 is 0.575 bits per heavy atom. The molecule has 186 valence electrons. The van der Waals surface area contributed by atoms with Gasteiger partial charge in [-0.25, -0.2) is 4.98 Å². The van der Waals surface area contributed by atoms with Crippen molar-refractivity contribution in [2.75, 3.05) is 0 Å². The fraction of sp³-hybridized carbons (Fsp3) is 0.0286. The molecule has 0 amide bonds. The van der Waals surface area contributed by atoms with Crippen LogP contribution in [-0.2, 0) is 6.42 Å². The summed E-state index contributed by atoms with van der Waals surface area (Å²) < 4.78 is 2.16. The lowest BCUT2D eigenvalue weighted by Gasteiger charge is -2.11. The second-order valence-corrected chi connectivity index (χ2v) is 10.1. The lowest BCUT2D eigenvalue weighted by Crippen LogP contribution is -2.06. The molecule has 1 aliphatic carbocycles. The van der Waals surface area contributed by atoms with Gasteiger partial charge in [-0.1, -0.05) is 72.8 Å². The molecule has 0 aliphatic heterocycles. The topological polar surface area (TPSA) is 67.4 Å². The van der Waals surface area contributed by atoms with Gasteiger partial charge in [0.05, 0.1) is 22.7 Å². The van der Waals surface area contributed by atoms with Crippen molar-refractivity contribution in [3.05, 3.63) is 132 Å². The van der Waals surface area contributed by atoms with E-state index in [-0.39, 0.29) is 0 Å². The number of benzene rings is 5. The fourth-order valence-corrected chi connectivity index (χ4v) is 5.82. The molecule has 7 aromatic rings. The van der Waals surface area contributed by atoms with E-state index in [1.54, 1.807) is 12.1 Å². The summed E-state index contributed by atoms with van der Waals surface area (Å²) in [5.74, 6) is 1.72. The SMILES string of the molecule is N#Cc1ccc(-c2nc(-c3ccccc3)nc(-n3c4ccccc4c4cc5c(cc43)-c3ccccc3C5)n2)cc1. The molecule has 0 N–H and O–H groups in total. The van der Waals surface area contributed by atoms with Gasteiger partial charge in [-0.15, -0.1) is 0 Å². The van der Waals surface area contributed by atoms with Gasteiger partial charge in [-0.05, 0) is 71.1 Å². The van der Waals surface area contributed by atoms with Gasteiger partial charge >= 0.3 is 0 Å². The molecule has 0 saturated carbocycles. The monoisotopic (exact) mass is 511 g/mol. The van der Waals surface area contributed by atoms with Gasteiger partial charge in [0, 0.05) is 21.9 Å². The lowest BCUT2D eigenvalue weighted by atomic mass is 10.0. The smallest absolute Gasteiger partial charge is 0.238 e. The van der Waals surface area contributed by atoms with E-state index in [4.69, 9.17) is 15.0 Å². The minimum atomic E-state index is 0.561. The van der Waals surface area contributed by atoms with E-state index >= 15 is 0 Å². The zero-order chi connectivity index (χ0) is 26.6. The number of nitrogens with zero attached hydrogens (tertiary/aromatic N) is 5. The van der Waals surface area contributed by atoms with Gasteiger partial charge in [0.15, 0.2) is 11.6 Å². The molecule has 40 heavy (non-hydrogen) atoms. The molecule has 2 heterocycles. The van der Waals surface area contributed by atoms with Crippen LogP contribution in [0.4, 0.5) is 0 Å². The number of hydrogen-bond donors (Lipinski definition) is 0. The van der Waals surface area contributed by atoms with Gasteiger partial charge in [0.1, 0.15) is 0 Å². The van der Waals surface area contributed by atoms with Gasteiger partial charge in [0.2, 0.25) is 5.95 Å². The normalized spacial score (nSPS) is 11.9. The van der Waals surface area contributed by atoms with Crippen molar-refractivity contribution in [1.29, 1.82) is 5.26 Å². The molecular weight excluding hydrogens is 490 g/mol. The van der Waals surface area contributed by atoms with Crippen LogP contribution >= 0.6 is 0 Å². The first kappa shape index (κ1) is 22.4. The molecular formula is C35H21N5. The van der Waals surface area contributed by atoms with Crippen molar-refractivity contribution in [2.24, 2.45) is 0 Å². The van der Waals surface area contributed by atoms with Crippen LogP contribution in [-0.4, -0.2) is 19.5 Å². The third-order valence-electron chi connectivity index (χ3n) is 7.71. The predicted molar refractivity (Wildman–Crippen MR) is 158 cm³/mol. The number of para-hydroxylation sites is 1. The molecule has 2 aromatic heterocycles. The fourth-order valence-electron chi connectivity index (χ4n) is 5.82. The Labute approximate surface area is 230 Å². The standard InChI is InChI=1S/C35H21N5/c36-21-22-14-16-24(17-15-22)34-37-33(23-8-2-1-3-9-23)38-35(39-34)40-31-13-7-6-12-28(31)30-19-26-18-25-10-4-5-11-27(25)29(26)20-32(30)40/h1-17,19-20H,18H2. The maximum Gasteiger partial charge on any atom is 0.238 e. The molecule has 5 heteroatoms. The molecule has 0 radical (unpaired) electrons. The zero-order valence-electron chi connectivity index (χ0n) is 21.4. The maximum atomic E-state index is 9.30. The van der Waals surface area contributed by atoms with Crippen LogP contribution in [0.2, 0.25) is 0 Å². The molecule has 0 fully saturated rings. The van der Waals surface area contributed by atoms with E-state index in [1.807, 2.05) is 42.5 Å². The summed E-state index contributed by atoms with van der Waals surface area (Å²) in [5, 5.41) is 11.6. The summed E-state index contributed by atoms with van der Waals surface area (Å²) in [5.41, 5.74) is 9.70. The van der Waals surface area contributed by atoms with Crippen LogP contribution in [0, 0.1) is 11.3 Å². The van der Waals surface area contributed by atoms with Crippen LogP contribution in [0.15, 0.2) is 115 Å². The summed E-state index contributed by atoms with van der Waals surface area (Å²) >= 11 is 0. The first-order chi connectivity index (χ1) is 19.8. The van der Waals surface area contributed by atoms with Crippen LogP contribution < -0.4 is 0 Å². The molecule has 0 atom stereocenters. The van der Waals surface area contributed by atoms with Crippen molar-refractivity contribution in [3.63, 3.8) is 0 Å². The highest BCUT2D eigenvalue weighted by Gasteiger charge is 2.23. The van der Waals surface area contributed by atoms with E-state index in [0.717, 1.165) is 34.0 Å². The minimum Gasteiger partial charge on any atom is -0.278 e. The van der Waals surface area contributed by atoms with Crippen molar-refractivity contribution in [2.45, 2.75) is 6.42 Å². The van der Waals surface area contributed by atoms with E-state index in [0.29, 0.717) is 23.2 Å². The van der Waals surface area contributed by atoms with E-state index < -0.39 is 0 Å². The molecule has 1 aliphatic rings. The first-order valence-electron chi connectivity index (χ1n) is 13.2. The Balaban J connectivity index is 1.43. The summed E-state index contributed by atoms with van der Waals surface area (Å²) in [7, 11) is 0. The first-order valence-corrected chi connectivity index (χ1v) is 13.2. The quantitative estimate of drug-likeness (QED) is 0.243. The highest BCUT2D eigenvalue weighted by Crippen LogP contribution is 2.42. The van der Waals surface area contributed by atoms with Gasteiger partial charge < -0.3 is 0 Å². The van der Waals surface area contributed by atoms with E-state index in [2.05, 4.69) is 71.3 Å². The van der Waals surface area contributed by atoms with Gasteiger partial charge in [-0.3, -0.25) is 4.57 Å². The molecule has 0 saturated heterocycles. The number of aromatic nitrogens is 4. The highest BCUT2D eigenvalue weighted by atomic mass is 15.2.